The fourth-order valence-corrected chi connectivity index (χ4v) is 3.64. The van der Waals surface area contributed by atoms with Crippen molar-refractivity contribution in [2.24, 2.45) is 0 Å². The molecule has 110 valence electrons. The Morgan fingerprint density at radius 3 is 2.48 bits per heavy atom. The summed E-state index contributed by atoms with van der Waals surface area (Å²) in [6.07, 6.45) is 4.40. The fraction of sp³-hybridized carbons (Fsp3) is 0.389. The molecule has 2 aromatic rings. The van der Waals surface area contributed by atoms with E-state index in [2.05, 4.69) is 0 Å². The van der Waals surface area contributed by atoms with Crippen molar-refractivity contribution >= 4 is 16.7 Å². The van der Waals surface area contributed by atoms with E-state index in [4.69, 9.17) is 4.74 Å². The molecule has 0 saturated heterocycles. The van der Waals surface area contributed by atoms with Gasteiger partial charge in [-0.2, -0.15) is 0 Å². The fourth-order valence-electron chi connectivity index (χ4n) is 3.64. The van der Waals surface area contributed by atoms with Crippen molar-refractivity contribution in [1.29, 1.82) is 0 Å². The van der Waals surface area contributed by atoms with Gasteiger partial charge in [0, 0.05) is 5.56 Å². The third-order valence-electron chi connectivity index (χ3n) is 4.71. The minimum absolute atomic E-state index is 0.687. The lowest BCUT2D eigenvalue weighted by atomic mass is 9.68. The van der Waals surface area contributed by atoms with Gasteiger partial charge >= 0.3 is 5.97 Å². The molecule has 2 aromatic carbocycles. The van der Waals surface area contributed by atoms with Crippen molar-refractivity contribution in [3.8, 4) is 5.75 Å². The van der Waals surface area contributed by atoms with Crippen molar-refractivity contribution in [1.82, 2.24) is 0 Å². The van der Waals surface area contributed by atoms with Crippen LogP contribution in [0.3, 0.4) is 0 Å². The van der Waals surface area contributed by atoms with Crippen LogP contribution in [0.25, 0.3) is 10.8 Å². The monoisotopic (exact) mass is 284 g/mol. The van der Waals surface area contributed by atoms with Gasteiger partial charge in [0.1, 0.15) is 5.75 Å². The lowest BCUT2D eigenvalue weighted by Gasteiger charge is -2.35. The summed E-state index contributed by atoms with van der Waals surface area (Å²) in [7, 11) is 1.62. The number of ether oxygens (including phenoxy) is 1. The van der Waals surface area contributed by atoms with Crippen molar-refractivity contribution in [2.45, 2.75) is 37.5 Å². The molecule has 0 radical (unpaired) electrons. The standard InChI is InChI=1S/C18H20O3/c1-21-15-10-9-13-7-3-4-8-14(13)16(15)18(17(19)20)11-5-2-6-12-18/h3-4,7-10H,2,5-6,11-12H2,1H3,(H,19,20). The van der Waals surface area contributed by atoms with Gasteiger partial charge in [-0.15, -0.1) is 0 Å². The summed E-state index contributed by atoms with van der Waals surface area (Å²) in [4.78, 5) is 12.1. The molecule has 1 N–H and O–H groups in total. The van der Waals surface area contributed by atoms with E-state index in [1.807, 2.05) is 36.4 Å². The van der Waals surface area contributed by atoms with E-state index in [1.165, 1.54) is 0 Å². The minimum Gasteiger partial charge on any atom is -0.496 e. The Hall–Kier alpha value is -2.03. The second-order valence-corrected chi connectivity index (χ2v) is 5.81. The molecule has 1 aliphatic carbocycles. The van der Waals surface area contributed by atoms with Crippen LogP contribution in [-0.2, 0) is 10.2 Å². The maximum absolute atomic E-state index is 12.1. The molecule has 0 amide bonds. The van der Waals surface area contributed by atoms with Crippen LogP contribution < -0.4 is 4.74 Å². The van der Waals surface area contributed by atoms with E-state index >= 15 is 0 Å². The quantitative estimate of drug-likeness (QED) is 0.921. The third kappa shape index (κ3) is 2.17. The maximum atomic E-state index is 12.1. The summed E-state index contributed by atoms with van der Waals surface area (Å²) >= 11 is 0. The summed E-state index contributed by atoms with van der Waals surface area (Å²) in [5, 5.41) is 12.0. The summed E-state index contributed by atoms with van der Waals surface area (Å²) in [5.41, 5.74) is 0.0417. The molecule has 21 heavy (non-hydrogen) atoms. The largest absolute Gasteiger partial charge is 0.496 e. The van der Waals surface area contributed by atoms with Crippen LogP contribution >= 0.6 is 0 Å². The zero-order chi connectivity index (χ0) is 14.9. The molecule has 0 unspecified atom stereocenters. The van der Waals surface area contributed by atoms with Gasteiger partial charge in [0.05, 0.1) is 12.5 Å². The van der Waals surface area contributed by atoms with Crippen LogP contribution in [0.1, 0.15) is 37.7 Å². The highest BCUT2D eigenvalue weighted by molar-refractivity contribution is 5.95. The molecule has 0 bridgehead atoms. The van der Waals surface area contributed by atoms with Crippen molar-refractivity contribution in [3.05, 3.63) is 42.0 Å². The topological polar surface area (TPSA) is 46.5 Å². The van der Waals surface area contributed by atoms with Crippen molar-refractivity contribution in [2.75, 3.05) is 7.11 Å². The molecule has 0 aliphatic heterocycles. The Kier molecular flexibility index (Phi) is 3.58. The van der Waals surface area contributed by atoms with Gasteiger partial charge in [0.25, 0.3) is 0 Å². The molecule has 1 fully saturated rings. The average molecular weight is 284 g/mol. The summed E-state index contributed by atoms with van der Waals surface area (Å²) in [5.74, 6) is -0.0325. The van der Waals surface area contributed by atoms with E-state index in [-0.39, 0.29) is 0 Å². The summed E-state index contributed by atoms with van der Waals surface area (Å²) in [6.45, 7) is 0. The van der Waals surface area contributed by atoms with Crippen LogP contribution in [0.5, 0.6) is 5.75 Å². The lowest BCUT2D eigenvalue weighted by molar-refractivity contribution is -0.145. The molecule has 3 rings (SSSR count). The van der Waals surface area contributed by atoms with Gasteiger partial charge in [-0.05, 0) is 29.7 Å². The molecule has 0 atom stereocenters. The Bertz CT molecular complexity index is 669. The minimum atomic E-state index is -0.815. The highest BCUT2D eigenvalue weighted by Crippen LogP contribution is 2.46. The van der Waals surface area contributed by atoms with Crippen LogP contribution in [-0.4, -0.2) is 18.2 Å². The number of carbonyl (C=O) groups is 1. The number of hydrogen-bond donors (Lipinski definition) is 1. The second-order valence-electron chi connectivity index (χ2n) is 5.81. The van der Waals surface area contributed by atoms with Gasteiger partial charge < -0.3 is 9.84 Å². The highest BCUT2D eigenvalue weighted by atomic mass is 16.5. The Morgan fingerprint density at radius 1 is 1.10 bits per heavy atom. The Morgan fingerprint density at radius 2 is 1.81 bits per heavy atom. The maximum Gasteiger partial charge on any atom is 0.314 e. The number of aliphatic carboxylic acids is 1. The summed E-state index contributed by atoms with van der Waals surface area (Å²) < 4.78 is 5.52. The van der Waals surface area contributed by atoms with Crippen molar-refractivity contribution in [3.63, 3.8) is 0 Å². The van der Waals surface area contributed by atoms with Crippen LogP contribution in [0.15, 0.2) is 36.4 Å². The molecule has 1 aliphatic rings. The van der Waals surface area contributed by atoms with Crippen LogP contribution in [0, 0.1) is 0 Å². The van der Waals surface area contributed by atoms with E-state index in [9.17, 15) is 9.90 Å². The molecular weight excluding hydrogens is 264 g/mol. The van der Waals surface area contributed by atoms with Gasteiger partial charge in [-0.3, -0.25) is 4.79 Å². The van der Waals surface area contributed by atoms with E-state index in [0.29, 0.717) is 18.6 Å². The van der Waals surface area contributed by atoms with E-state index in [0.717, 1.165) is 35.6 Å². The molecule has 0 heterocycles. The number of methoxy groups -OCH3 is 1. The first kappa shape index (κ1) is 13.9. The summed E-state index contributed by atoms with van der Waals surface area (Å²) in [6, 6.07) is 11.9. The number of carboxylic acids is 1. The predicted octanol–water partition coefficient (Wildman–Crippen LogP) is 4.13. The number of fused-ring (bicyclic) bond motifs is 1. The van der Waals surface area contributed by atoms with E-state index in [1.54, 1.807) is 7.11 Å². The molecule has 1 saturated carbocycles. The normalized spacial score (nSPS) is 17.6. The average Bonchev–Trinajstić information content (AvgIpc) is 2.54. The van der Waals surface area contributed by atoms with Crippen LogP contribution in [0.4, 0.5) is 0 Å². The van der Waals surface area contributed by atoms with Crippen molar-refractivity contribution < 1.29 is 14.6 Å². The molecule has 3 heteroatoms. The Labute approximate surface area is 124 Å². The number of rotatable bonds is 3. The number of benzene rings is 2. The third-order valence-corrected chi connectivity index (χ3v) is 4.71. The number of hydrogen-bond acceptors (Lipinski definition) is 2. The smallest absolute Gasteiger partial charge is 0.314 e. The van der Waals surface area contributed by atoms with Gasteiger partial charge in [0.2, 0.25) is 0 Å². The predicted molar refractivity (Wildman–Crippen MR) is 82.9 cm³/mol. The first-order chi connectivity index (χ1) is 10.2. The first-order valence-corrected chi connectivity index (χ1v) is 7.49. The first-order valence-electron chi connectivity index (χ1n) is 7.49. The molecule has 3 nitrogen and oxygen atoms in total. The van der Waals surface area contributed by atoms with Gasteiger partial charge in [-0.25, -0.2) is 0 Å². The number of carboxylic acid groups (broad SMARTS) is 1. The Balaban J connectivity index is 2.32. The molecule has 0 spiro atoms. The second kappa shape index (κ2) is 5.40. The highest BCUT2D eigenvalue weighted by Gasteiger charge is 2.44. The lowest BCUT2D eigenvalue weighted by Crippen LogP contribution is -2.38. The van der Waals surface area contributed by atoms with Crippen LogP contribution in [0.2, 0.25) is 0 Å². The molecule has 0 aromatic heterocycles. The van der Waals surface area contributed by atoms with Gasteiger partial charge in [0.15, 0.2) is 0 Å². The van der Waals surface area contributed by atoms with Gasteiger partial charge in [-0.1, -0.05) is 49.6 Å². The van der Waals surface area contributed by atoms with E-state index < -0.39 is 11.4 Å². The zero-order valence-electron chi connectivity index (χ0n) is 12.3. The SMILES string of the molecule is COc1ccc2ccccc2c1C1(C(=O)O)CCCCC1. The zero-order valence-corrected chi connectivity index (χ0v) is 12.3. The molecular formula is C18H20O3.